The maximum atomic E-state index is 12.8. The zero-order valence-electron chi connectivity index (χ0n) is 12.3. The van der Waals surface area contributed by atoms with Crippen molar-refractivity contribution in [2.75, 3.05) is 0 Å². The van der Waals surface area contributed by atoms with E-state index in [1.807, 2.05) is 6.92 Å². The van der Waals surface area contributed by atoms with Crippen molar-refractivity contribution < 1.29 is 14.3 Å². The lowest BCUT2D eigenvalue weighted by molar-refractivity contribution is -0.122. The van der Waals surface area contributed by atoms with Crippen molar-refractivity contribution in [1.29, 1.82) is 0 Å². The topological polar surface area (TPSA) is 80.0 Å². The molecule has 0 saturated carbocycles. The second kappa shape index (κ2) is 7.65. The highest BCUT2D eigenvalue weighted by Gasteiger charge is 2.14. The average molecular weight is 306 g/mol. The van der Waals surface area contributed by atoms with Crippen LogP contribution >= 0.6 is 0 Å². The number of aliphatic hydroxyl groups is 1. The molecule has 0 radical (unpaired) electrons. The van der Waals surface area contributed by atoms with E-state index in [9.17, 15) is 14.3 Å². The van der Waals surface area contributed by atoms with E-state index in [2.05, 4.69) is 15.4 Å². The van der Waals surface area contributed by atoms with Gasteiger partial charge in [0.05, 0.1) is 12.6 Å². The van der Waals surface area contributed by atoms with Crippen LogP contribution in [0.2, 0.25) is 0 Å². The van der Waals surface area contributed by atoms with Crippen LogP contribution in [0.15, 0.2) is 36.9 Å². The molecular weight excluding hydrogens is 287 g/mol. The zero-order chi connectivity index (χ0) is 15.9. The lowest BCUT2D eigenvalue weighted by Gasteiger charge is -2.18. The highest BCUT2D eigenvalue weighted by molar-refractivity contribution is 5.76. The largest absolute Gasteiger partial charge is 0.388 e. The van der Waals surface area contributed by atoms with Gasteiger partial charge in [0.2, 0.25) is 5.91 Å². The third-order valence-electron chi connectivity index (χ3n) is 3.27. The third-order valence-corrected chi connectivity index (χ3v) is 3.27. The Labute approximate surface area is 128 Å². The Morgan fingerprint density at radius 1 is 1.41 bits per heavy atom. The number of benzene rings is 1. The lowest BCUT2D eigenvalue weighted by Crippen LogP contribution is -2.34. The van der Waals surface area contributed by atoms with Gasteiger partial charge in [-0.25, -0.2) is 9.37 Å². The van der Waals surface area contributed by atoms with Crippen molar-refractivity contribution in [3.05, 3.63) is 48.3 Å². The number of rotatable bonds is 7. The quantitative estimate of drug-likeness (QED) is 0.811. The van der Waals surface area contributed by atoms with Crippen LogP contribution in [0, 0.1) is 5.82 Å². The van der Waals surface area contributed by atoms with Gasteiger partial charge in [-0.3, -0.25) is 9.48 Å². The van der Waals surface area contributed by atoms with Crippen LogP contribution in [0.25, 0.3) is 0 Å². The average Bonchev–Trinajstić information content (AvgIpc) is 2.99. The van der Waals surface area contributed by atoms with Crippen LogP contribution < -0.4 is 5.32 Å². The number of hydrogen-bond acceptors (Lipinski definition) is 4. The van der Waals surface area contributed by atoms with Crippen LogP contribution in [0.1, 0.15) is 31.4 Å². The number of hydrogen-bond donors (Lipinski definition) is 2. The molecule has 0 fully saturated rings. The first-order chi connectivity index (χ1) is 10.5. The predicted octanol–water partition coefficient (Wildman–Crippen LogP) is 1.44. The van der Waals surface area contributed by atoms with E-state index in [-0.39, 0.29) is 17.8 Å². The molecule has 0 aliphatic carbocycles. The van der Waals surface area contributed by atoms with E-state index in [0.29, 0.717) is 24.9 Å². The monoisotopic (exact) mass is 306 g/mol. The fourth-order valence-corrected chi connectivity index (χ4v) is 2.13. The SMILES string of the molecule is CC(CC(O)c1ccc(F)cc1)NC(=O)CCn1cncn1. The molecular formula is C15H19FN4O2. The van der Waals surface area contributed by atoms with Gasteiger partial charge >= 0.3 is 0 Å². The number of aryl methyl sites for hydroxylation is 1. The summed E-state index contributed by atoms with van der Waals surface area (Å²) in [6.45, 7) is 2.28. The Bertz CT molecular complexity index is 586. The fraction of sp³-hybridized carbons (Fsp3) is 0.400. The van der Waals surface area contributed by atoms with Gasteiger partial charge < -0.3 is 10.4 Å². The van der Waals surface area contributed by atoms with Gasteiger partial charge in [0.25, 0.3) is 0 Å². The summed E-state index contributed by atoms with van der Waals surface area (Å²) in [4.78, 5) is 15.6. The van der Waals surface area contributed by atoms with Gasteiger partial charge in [-0.05, 0) is 31.0 Å². The first-order valence-electron chi connectivity index (χ1n) is 7.10. The Hall–Kier alpha value is -2.28. The first-order valence-corrected chi connectivity index (χ1v) is 7.10. The molecule has 1 amide bonds. The molecule has 2 atom stereocenters. The number of amides is 1. The molecule has 0 saturated heterocycles. The van der Waals surface area contributed by atoms with Crippen LogP contribution in [-0.4, -0.2) is 31.8 Å². The van der Waals surface area contributed by atoms with Crippen molar-refractivity contribution >= 4 is 5.91 Å². The lowest BCUT2D eigenvalue weighted by atomic mass is 10.0. The highest BCUT2D eigenvalue weighted by Crippen LogP contribution is 2.18. The van der Waals surface area contributed by atoms with Crippen molar-refractivity contribution in [2.24, 2.45) is 0 Å². The molecule has 1 heterocycles. The Kier molecular flexibility index (Phi) is 5.60. The minimum absolute atomic E-state index is 0.116. The second-order valence-electron chi connectivity index (χ2n) is 5.18. The van der Waals surface area contributed by atoms with Crippen molar-refractivity contribution in [2.45, 2.75) is 38.5 Å². The van der Waals surface area contributed by atoms with Gasteiger partial charge in [-0.2, -0.15) is 5.10 Å². The minimum Gasteiger partial charge on any atom is -0.388 e. The summed E-state index contributed by atoms with van der Waals surface area (Å²) < 4.78 is 14.4. The van der Waals surface area contributed by atoms with E-state index in [1.54, 1.807) is 23.1 Å². The molecule has 2 aromatic rings. The first kappa shape index (κ1) is 16.1. The molecule has 1 aromatic heterocycles. The summed E-state index contributed by atoms with van der Waals surface area (Å²) in [6, 6.07) is 5.50. The summed E-state index contributed by atoms with van der Waals surface area (Å²) in [7, 11) is 0. The summed E-state index contributed by atoms with van der Waals surface area (Å²) >= 11 is 0. The van der Waals surface area contributed by atoms with Gasteiger partial charge in [0.1, 0.15) is 18.5 Å². The molecule has 2 N–H and O–H groups in total. The van der Waals surface area contributed by atoms with Gasteiger partial charge in [0, 0.05) is 12.5 Å². The molecule has 2 unspecified atom stereocenters. The van der Waals surface area contributed by atoms with Crippen LogP contribution in [0.5, 0.6) is 0 Å². The number of aromatic nitrogens is 3. The predicted molar refractivity (Wildman–Crippen MR) is 78.2 cm³/mol. The molecule has 0 aliphatic heterocycles. The van der Waals surface area contributed by atoms with E-state index < -0.39 is 6.10 Å². The molecule has 6 nitrogen and oxygen atoms in total. The Morgan fingerprint density at radius 2 is 2.14 bits per heavy atom. The second-order valence-corrected chi connectivity index (χ2v) is 5.18. The van der Waals surface area contributed by atoms with Gasteiger partial charge in [-0.1, -0.05) is 12.1 Å². The molecule has 7 heteroatoms. The van der Waals surface area contributed by atoms with Crippen molar-refractivity contribution in [3.63, 3.8) is 0 Å². The van der Waals surface area contributed by atoms with Crippen LogP contribution in [-0.2, 0) is 11.3 Å². The van der Waals surface area contributed by atoms with Gasteiger partial charge in [-0.15, -0.1) is 0 Å². The summed E-state index contributed by atoms with van der Waals surface area (Å²) in [6.07, 6.45) is 2.88. The number of nitrogens with zero attached hydrogens (tertiary/aromatic N) is 3. The summed E-state index contributed by atoms with van der Waals surface area (Å²) in [5, 5.41) is 16.8. The molecule has 0 spiro atoms. The highest BCUT2D eigenvalue weighted by atomic mass is 19.1. The van der Waals surface area contributed by atoms with E-state index in [4.69, 9.17) is 0 Å². The maximum absolute atomic E-state index is 12.8. The van der Waals surface area contributed by atoms with E-state index in [0.717, 1.165) is 0 Å². The Balaban J connectivity index is 1.75. The standard InChI is InChI=1S/C15H19FN4O2/c1-11(8-14(21)12-2-4-13(16)5-3-12)19-15(22)6-7-20-10-17-9-18-20/h2-5,9-11,14,21H,6-8H2,1H3,(H,19,22). The fourth-order valence-electron chi connectivity index (χ4n) is 2.13. The maximum Gasteiger partial charge on any atom is 0.222 e. The number of carbonyl (C=O) groups is 1. The van der Waals surface area contributed by atoms with E-state index >= 15 is 0 Å². The molecule has 118 valence electrons. The molecule has 0 aliphatic rings. The molecule has 0 bridgehead atoms. The minimum atomic E-state index is -0.744. The Morgan fingerprint density at radius 3 is 2.77 bits per heavy atom. The number of aliphatic hydroxyl groups excluding tert-OH is 1. The smallest absolute Gasteiger partial charge is 0.222 e. The molecule has 1 aromatic carbocycles. The number of halogens is 1. The number of nitrogens with one attached hydrogen (secondary N) is 1. The molecule has 22 heavy (non-hydrogen) atoms. The zero-order valence-corrected chi connectivity index (χ0v) is 12.3. The van der Waals surface area contributed by atoms with Crippen molar-refractivity contribution in [3.8, 4) is 0 Å². The van der Waals surface area contributed by atoms with Crippen LogP contribution in [0.4, 0.5) is 4.39 Å². The summed E-state index contributed by atoms with van der Waals surface area (Å²) in [5.74, 6) is -0.459. The van der Waals surface area contributed by atoms with E-state index in [1.165, 1.54) is 18.5 Å². The summed E-state index contributed by atoms with van der Waals surface area (Å²) in [5.41, 5.74) is 0.630. The third kappa shape index (κ3) is 4.92. The van der Waals surface area contributed by atoms with Crippen LogP contribution in [0.3, 0.4) is 0 Å². The van der Waals surface area contributed by atoms with Crippen molar-refractivity contribution in [1.82, 2.24) is 20.1 Å². The number of carbonyl (C=O) groups excluding carboxylic acids is 1. The van der Waals surface area contributed by atoms with Gasteiger partial charge in [0.15, 0.2) is 0 Å². The normalized spacial score (nSPS) is 13.6. The molecule has 2 rings (SSSR count).